The Morgan fingerprint density at radius 3 is 2.52 bits per heavy atom. The van der Waals surface area contributed by atoms with Gasteiger partial charge in [0.05, 0.1) is 18.2 Å². The summed E-state index contributed by atoms with van der Waals surface area (Å²) in [5.74, 6) is 0.668. The molecule has 0 radical (unpaired) electrons. The Balaban J connectivity index is 1.71. The van der Waals surface area contributed by atoms with Crippen LogP contribution >= 0.6 is 0 Å². The molecule has 1 amide bonds. The largest absolute Gasteiger partial charge is 0.488 e. The van der Waals surface area contributed by atoms with Crippen LogP contribution in [0.25, 0.3) is 0 Å². The number of nitrogens with zero attached hydrogens (tertiary/aromatic N) is 1. The van der Waals surface area contributed by atoms with E-state index < -0.39 is 6.10 Å². The number of carbonyl (C=O) groups excluding carboxylic acids is 1. The van der Waals surface area contributed by atoms with Crippen LogP contribution in [0, 0.1) is 0 Å². The van der Waals surface area contributed by atoms with E-state index in [9.17, 15) is 9.90 Å². The van der Waals surface area contributed by atoms with Crippen molar-refractivity contribution in [1.82, 2.24) is 10.2 Å². The molecule has 0 unspecified atom stereocenters. The number of hydrogen-bond acceptors (Lipinski definition) is 5. The van der Waals surface area contributed by atoms with E-state index in [0.717, 1.165) is 31.7 Å². The number of aliphatic hydroxyl groups excluding tert-OH is 1. The van der Waals surface area contributed by atoms with E-state index >= 15 is 0 Å². The minimum atomic E-state index is -0.642. The molecule has 2 fully saturated rings. The fraction of sp³-hybridized carbons (Fsp3) is 0.632. The lowest BCUT2D eigenvalue weighted by Gasteiger charge is -2.39. The van der Waals surface area contributed by atoms with E-state index in [-0.39, 0.29) is 30.2 Å². The number of benzene rings is 1. The van der Waals surface area contributed by atoms with Crippen molar-refractivity contribution in [2.45, 2.75) is 56.6 Å². The summed E-state index contributed by atoms with van der Waals surface area (Å²) in [7, 11) is 1.74. The van der Waals surface area contributed by atoms with E-state index in [1.807, 2.05) is 30.3 Å². The lowest BCUT2D eigenvalue weighted by atomic mass is 10.0. The third-order valence-corrected chi connectivity index (χ3v) is 5.28. The smallest absolute Gasteiger partial charge is 0.217 e. The van der Waals surface area contributed by atoms with E-state index in [1.165, 1.54) is 6.92 Å². The van der Waals surface area contributed by atoms with Crippen molar-refractivity contribution in [3.05, 3.63) is 30.3 Å². The number of ether oxygens (including phenoxy) is 2. The molecule has 2 aliphatic rings. The molecule has 0 aromatic heterocycles. The fourth-order valence-electron chi connectivity index (χ4n) is 4.06. The van der Waals surface area contributed by atoms with Crippen LogP contribution in [-0.4, -0.2) is 66.5 Å². The summed E-state index contributed by atoms with van der Waals surface area (Å²) in [4.78, 5) is 13.9. The van der Waals surface area contributed by atoms with Crippen molar-refractivity contribution in [2.24, 2.45) is 0 Å². The summed E-state index contributed by atoms with van der Waals surface area (Å²) in [5, 5.41) is 13.9. The highest BCUT2D eigenvalue weighted by Gasteiger charge is 2.47. The second kappa shape index (κ2) is 8.17. The number of para-hydroxylation sites is 1. The van der Waals surface area contributed by atoms with E-state index in [1.54, 1.807) is 7.11 Å². The van der Waals surface area contributed by atoms with Crippen LogP contribution in [0.3, 0.4) is 0 Å². The molecule has 1 heterocycles. The standard InChI is InChI=1S/C19H28N2O4/c1-13(22)20-16-12-17(25-15-6-4-3-5-7-15)19(23)18(16)21-10-8-14(24-2)9-11-21/h3-7,14,16-19,23H,8-12H2,1-2H3,(H,20,22)/t16-,17-,18+,19+/m1/s1. The topological polar surface area (TPSA) is 71.0 Å². The van der Waals surface area contributed by atoms with Crippen LogP contribution < -0.4 is 10.1 Å². The molecule has 138 valence electrons. The lowest BCUT2D eigenvalue weighted by Crippen LogP contribution is -2.55. The fourth-order valence-corrected chi connectivity index (χ4v) is 4.06. The van der Waals surface area contributed by atoms with Gasteiger partial charge in [0, 0.05) is 33.5 Å². The lowest BCUT2D eigenvalue weighted by molar-refractivity contribution is -0.120. The minimum Gasteiger partial charge on any atom is -0.488 e. The molecule has 1 aromatic rings. The van der Waals surface area contributed by atoms with Crippen LogP contribution in [0.4, 0.5) is 0 Å². The number of piperidine rings is 1. The molecule has 1 saturated carbocycles. The van der Waals surface area contributed by atoms with Crippen molar-refractivity contribution >= 4 is 5.91 Å². The first-order valence-electron chi connectivity index (χ1n) is 9.02. The number of nitrogens with one attached hydrogen (secondary N) is 1. The number of amides is 1. The monoisotopic (exact) mass is 348 g/mol. The Labute approximate surface area is 149 Å². The molecule has 3 rings (SSSR count). The van der Waals surface area contributed by atoms with Crippen LogP contribution in [0.5, 0.6) is 5.75 Å². The SMILES string of the molecule is COC1CCN([C@@H]2[C@@H](O)[C@H](Oc3ccccc3)C[C@H]2NC(C)=O)CC1. The number of methoxy groups -OCH3 is 1. The summed E-state index contributed by atoms with van der Waals surface area (Å²) < 4.78 is 11.4. The highest BCUT2D eigenvalue weighted by Crippen LogP contribution is 2.31. The third-order valence-electron chi connectivity index (χ3n) is 5.28. The Hall–Kier alpha value is -1.63. The van der Waals surface area contributed by atoms with Crippen LogP contribution in [0.15, 0.2) is 30.3 Å². The number of likely N-dealkylation sites (tertiary alicyclic amines) is 1. The van der Waals surface area contributed by atoms with Gasteiger partial charge < -0.3 is 19.9 Å². The zero-order chi connectivity index (χ0) is 17.8. The first-order valence-corrected chi connectivity index (χ1v) is 9.02. The summed E-state index contributed by atoms with van der Waals surface area (Å²) in [6, 6.07) is 9.29. The molecule has 0 bridgehead atoms. The molecule has 0 spiro atoms. The number of carbonyl (C=O) groups is 1. The average Bonchev–Trinajstić information content (AvgIpc) is 2.90. The second-order valence-electron chi connectivity index (χ2n) is 6.96. The van der Waals surface area contributed by atoms with Gasteiger partial charge in [-0.2, -0.15) is 0 Å². The maximum absolute atomic E-state index is 11.6. The molecular formula is C19H28N2O4. The van der Waals surface area contributed by atoms with Gasteiger partial charge in [0.15, 0.2) is 0 Å². The Bertz CT molecular complexity index is 560. The normalized spacial score (nSPS) is 31.0. The molecule has 4 atom stereocenters. The van der Waals surface area contributed by atoms with E-state index in [2.05, 4.69) is 10.2 Å². The maximum Gasteiger partial charge on any atom is 0.217 e. The van der Waals surface area contributed by atoms with Crippen LogP contribution in [0.2, 0.25) is 0 Å². The molecular weight excluding hydrogens is 320 g/mol. The molecule has 1 aromatic carbocycles. The molecule has 6 heteroatoms. The quantitative estimate of drug-likeness (QED) is 0.836. The second-order valence-corrected chi connectivity index (χ2v) is 6.96. The number of rotatable bonds is 5. The van der Waals surface area contributed by atoms with Crippen LogP contribution in [-0.2, 0) is 9.53 Å². The van der Waals surface area contributed by atoms with E-state index in [4.69, 9.17) is 9.47 Å². The van der Waals surface area contributed by atoms with Crippen LogP contribution in [0.1, 0.15) is 26.2 Å². The summed E-state index contributed by atoms with van der Waals surface area (Å²) >= 11 is 0. The molecule has 2 N–H and O–H groups in total. The van der Waals surface area contributed by atoms with Gasteiger partial charge in [-0.1, -0.05) is 18.2 Å². The van der Waals surface area contributed by atoms with E-state index in [0.29, 0.717) is 6.42 Å². The number of aliphatic hydroxyl groups is 1. The van der Waals surface area contributed by atoms with Crippen molar-refractivity contribution in [2.75, 3.05) is 20.2 Å². The molecule has 1 aliphatic carbocycles. The van der Waals surface area contributed by atoms with Gasteiger partial charge >= 0.3 is 0 Å². The van der Waals surface area contributed by atoms with Gasteiger partial charge in [-0.15, -0.1) is 0 Å². The van der Waals surface area contributed by atoms with Gasteiger partial charge in [-0.05, 0) is 25.0 Å². The summed E-state index contributed by atoms with van der Waals surface area (Å²) in [6.45, 7) is 3.23. The predicted octanol–water partition coefficient (Wildman–Crippen LogP) is 1.18. The predicted molar refractivity (Wildman–Crippen MR) is 94.5 cm³/mol. The molecule has 1 aliphatic heterocycles. The zero-order valence-corrected chi connectivity index (χ0v) is 14.9. The summed E-state index contributed by atoms with van der Waals surface area (Å²) in [5.41, 5.74) is 0. The minimum absolute atomic E-state index is 0.0747. The third kappa shape index (κ3) is 4.32. The van der Waals surface area contributed by atoms with Crippen molar-refractivity contribution < 1.29 is 19.4 Å². The highest BCUT2D eigenvalue weighted by atomic mass is 16.5. The van der Waals surface area contributed by atoms with Crippen molar-refractivity contribution in [3.8, 4) is 5.75 Å². The van der Waals surface area contributed by atoms with Crippen molar-refractivity contribution in [3.63, 3.8) is 0 Å². The first kappa shape index (κ1) is 18.2. The molecule has 6 nitrogen and oxygen atoms in total. The van der Waals surface area contributed by atoms with Gasteiger partial charge in [0.1, 0.15) is 18.0 Å². The molecule has 1 saturated heterocycles. The van der Waals surface area contributed by atoms with Gasteiger partial charge in [0.2, 0.25) is 5.91 Å². The van der Waals surface area contributed by atoms with Gasteiger partial charge in [0.25, 0.3) is 0 Å². The van der Waals surface area contributed by atoms with Gasteiger partial charge in [-0.25, -0.2) is 0 Å². The highest BCUT2D eigenvalue weighted by molar-refractivity contribution is 5.73. The van der Waals surface area contributed by atoms with Crippen molar-refractivity contribution in [1.29, 1.82) is 0 Å². The zero-order valence-electron chi connectivity index (χ0n) is 14.9. The molecule has 25 heavy (non-hydrogen) atoms. The number of hydrogen-bond donors (Lipinski definition) is 2. The Kier molecular flexibility index (Phi) is 5.93. The van der Waals surface area contributed by atoms with Gasteiger partial charge in [-0.3, -0.25) is 9.69 Å². The Morgan fingerprint density at radius 1 is 1.24 bits per heavy atom. The Morgan fingerprint density at radius 2 is 1.92 bits per heavy atom. The average molecular weight is 348 g/mol. The maximum atomic E-state index is 11.6. The first-order chi connectivity index (χ1) is 12.1. The summed E-state index contributed by atoms with van der Waals surface area (Å²) in [6.07, 6.45) is 1.80.